The van der Waals surface area contributed by atoms with Crippen molar-refractivity contribution >= 4 is 16.7 Å². The number of nitrogens with zero attached hydrogens (tertiary/aromatic N) is 3. The minimum Gasteiger partial charge on any atom is -0.396 e. The van der Waals surface area contributed by atoms with Gasteiger partial charge in [0.1, 0.15) is 0 Å². The van der Waals surface area contributed by atoms with Gasteiger partial charge in [0.15, 0.2) is 0 Å². The molecule has 0 radical (unpaired) electrons. The summed E-state index contributed by atoms with van der Waals surface area (Å²) < 4.78 is 1.97. The van der Waals surface area contributed by atoms with Gasteiger partial charge in [0, 0.05) is 26.4 Å². The molecular weight excluding hydrogens is 230 g/mol. The largest absolute Gasteiger partial charge is 0.396 e. The van der Waals surface area contributed by atoms with Crippen molar-refractivity contribution in [3.8, 4) is 0 Å². The highest BCUT2D eigenvalue weighted by Crippen LogP contribution is 2.22. The lowest BCUT2D eigenvalue weighted by Crippen LogP contribution is -2.35. The van der Waals surface area contributed by atoms with Gasteiger partial charge in [0.2, 0.25) is 0 Å². The van der Waals surface area contributed by atoms with Crippen LogP contribution in [-0.4, -0.2) is 46.1 Å². The molecule has 0 aliphatic carbocycles. The fourth-order valence-corrected chi connectivity index (χ4v) is 2.11. The average Bonchev–Trinajstić information content (AvgIpc) is 2.76. The highest BCUT2D eigenvalue weighted by Gasteiger charge is 2.14. The molecular formula is C13H19N3O2. The predicted molar refractivity (Wildman–Crippen MR) is 71.7 cm³/mol. The Hall–Kier alpha value is -1.59. The molecule has 98 valence electrons. The van der Waals surface area contributed by atoms with Crippen LogP contribution < -0.4 is 4.90 Å². The maximum absolute atomic E-state index is 9.33. The number of aromatic nitrogens is 2. The highest BCUT2D eigenvalue weighted by atomic mass is 16.3. The molecule has 1 unspecified atom stereocenters. The second-order valence-corrected chi connectivity index (χ2v) is 4.49. The van der Waals surface area contributed by atoms with Gasteiger partial charge in [0.25, 0.3) is 0 Å². The molecule has 5 nitrogen and oxygen atoms in total. The third kappa shape index (κ3) is 2.32. The Balaban J connectivity index is 2.29. The maximum Gasteiger partial charge on any atom is 0.0955 e. The molecule has 2 rings (SSSR count). The normalized spacial score (nSPS) is 12.9. The lowest BCUT2D eigenvalue weighted by Gasteiger charge is -2.28. The minimum atomic E-state index is -0.0730. The quantitative estimate of drug-likeness (QED) is 0.821. The molecule has 2 aromatic rings. The minimum absolute atomic E-state index is 0.0251. The number of aliphatic hydroxyl groups is 2. The van der Waals surface area contributed by atoms with Gasteiger partial charge in [0.05, 0.1) is 30.0 Å². The van der Waals surface area contributed by atoms with E-state index in [4.69, 9.17) is 5.11 Å². The molecule has 1 aromatic heterocycles. The van der Waals surface area contributed by atoms with Crippen LogP contribution in [0.2, 0.25) is 0 Å². The van der Waals surface area contributed by atoms with E-state index in [0.29, 0.717) is 6.42 Å². The van der Waals surface area contributed by atoms with E-state index in [9.17, 15) is 5.11 Å². The summed E-state index contributed by atoms with van der Waals surface area (Å²) in [5, 5.41) is 18.3. The van der Waals surface area contributed by atoms with Crippen molar-refractivity contribution in [3.63, 3.8) is 0 Å². The number of fused-ring (bicyclic) bond motifs is 1. The summed E-state index contributed by atoms with van der Waals surface area (Å²) in [7, 11) is 3.88. The van der Waals surface area contributed by atoms with Gasteiger partial charge in [-0.2, -0.15) is 0 Å². The first-order valence-corrected chi connectivity index (χ1v) is 6.03. The Kier molecular flexibility index (Phi) is 3.84. The summed E-state index contributed by atoms with van der Waals surface area (Å²) in [5.74, 6) is 0. The van der Waals surface area contributed by atoms with Crippen LogP contribution in [0.15, 0.2) is 24.5 Å². The zero-order valence-electron chi connectivity index (χ0n) is 10.7. The SMILES string of the molecule is CN(c1ccc2c(c1)ncn2C)C(CO)CCO. The van der Waals surface area contributed by atoms with Crippen LogP contribution in [0.1, 0.15) is 6.42 Å². The van der Waals surface area contributed by atoms with Crippen LogP contribution in [-0.2, 0) is 7.05 Å². The van der Waals surface area contributed by atoms with Gasteiger partial charge >= 0.3 is 0 Å². The van der Waals surface area contributed by atoms with Crippen LogP contribution >= 0.6 is 0 Å². The van der Waals surface area contributed by atoms with Crippen molar-refractivity contribution in [1.29, 1.82) is 0 Å². The summed E-state index contributed by atoms with van der Waals surface area (Å²) in [5.41, 5.74) is 3.01. The molecule has 0 saturated carbocycles. The number of anilines is 1. The van der Waals surface area contributed by atoms with Crippen LogP contribution in [0.5, 0.6) is 0 Å². The van der Waals surface area contributed by atoms with E-state index < -0.39 is 0 Å². The Morgan fingerprint density at radius 2 is 2.17 bits per heavy atom. The molecule has 1 aromatic carbocycles. The van der Waals surface area contributed by atoms with E-state index in [1.807, 2.05) is 41.8 Å². The number of rotatable bonds is 5. The Bertz CT molecular complexity index is 524. The molecule has 0 saturated heterocycles. The molecule has 2 N–H and O–H groups in total. The topological polar surface area (TPSA) is 61.5 Å². The number of hydrogen-bond acceptors (Lipinski definition) is 4. The summed E-state index contributed by atoms with van der Waals surface area (Å²) in [6.45, 7) is 0.0959. The van der Waals surface area contributed by atoms with Gasteiger partial charge < -0.3 is 19.7 Å². The van der Waals surface area contributed by atoms with Gasteiger partial charge in [-0.15, -0.1) is 0 Å². The monoisotopic (exact) mass is 249 g/mol. The van der Waals surface area contributed by atoms with Crippen molar-refractivity contribution < 1.29 is 10.2 Å². The van der Waals surface area contributed by atoms with E-state index in [0.717, 1.165) is 16.7 Å². The van der Waals surface area contributed by atoms with Crippen molar-refractivity contribution in [2.45, 2.75) is 12.5 Å². The summed E-state index contributed by atoms with van der Waals surface area (Å²) in [6, 6.07) is 5.94. The number of likely N-dealkylation sites (N-methyl/N-ethyl adjacent to an activating group) is 1. The number of benzene rings is 1. The summed E-state index contributed by atoms with van der Waals surface area (Å²) in [4.78, 5) is 6.29. The molecule has 1 heterocycles. The molecule has 0 fully saturated rings. The summed E-state index contributed by atoms with van der Waals surface area (Å²) >= 11 is 0. The fraction of sp³-hybridized carbons (Fsp3) is 0.462. The van der Waals surface area contributed by atoms with Crippen molar-refractivity contribution in [3.05, 3.63) is 24.5 Å². The molecule has 0 aliphatic heterocycles. The average molecular weight is 249 g/mol. The third-order valence-electron chi connectivity index (χ3n) is 3.34. The second kappa shape index (κ2) is 5.37. The first-order valence-electron chi connectivity index (χ1n) is 6.03. The smallest absolute Gasteiger partial charge is 0.0955 e. The van der Waals surface area contributed by atoms with Crippen LogP contribution in [0.25, 0.3) is 11.0 Å². The van der Waals surface area contributed by atoms with Crippen LogP contribution in [0, 0.1) is 0 Å². The summed E-state index contributed by atoms with van der Waals surface area (Å²) in [6.07, 6.45) is 2.33. The van der Waals surface area contributed by atoms with Gasteiger partial charge in [-0.1, -0.05) is 0 Å². The van der Waals surface area contributed by atoms with Gasteiger partial charge in [-0.3, -0.25) is 0 Å². The van der Waals surface area contributed by atoms with Crippen molar-refractivity contribution in [1.82, 2.24) is 9.55 Å². The molecule has 0 amide bonds. The zero-order chi connectivity index (χ0) is 13.1. The number of aryl methyl sites for hydroxylation is 1. The molecule has 0 aliphatic rings. The van der Waals surface area contributed by atoms with Crippen molar-refractivity contribution in [2.75, 3.05) is 25.2 Å². The maximum atomic E-state index is 9.33. The number of aliphatic hydroxyl groups excluding tert-OH is 2. The zero-order valence-corrected chi connectivity index (χ0v) is 10.7. The lowest BCUT2D eigenvalue weighted by molar-refractivity contribution is 0.218. The lowest BCUT2D eigenvalue weighted by atomic mass is 10.1. The first kappa shape index (κ1) is 12.9. The van der Waals surface area contributed by atoms with E-state index in [1.54, 1.807) is 6.33 Å². The van der Waals surface area contributed by atoms with Crippen LogP contribution in [0.3, 0.4) is 0 Å². The predicted octanol–water partition coefficient (Wildman–Crippen LogP) is 0.753. The van der Waals surface area contributed by atoms with Gasteiger partial charge in [-0.05, 0) is 24.6 Å². The van der Waals surface area contributed by atoms with Crippen molar-refractivity contribution in [2.24, 2.45) is 7.05 Å². The molecule has 1 atom stereocenters. The number of hydrogen-bond donors (Lipinski definition) is 2. The fourth-order valence-electron chi connectivity index (χ4n) is 2.11. The third-order valence-corrected chi connectivity index (χ3v) is 3.34. The molecule has 18 heavy (non-hydrogen) atoms. The Labute approximate surface area is 106 Å². The van der Waals surface area contributed by atoms with Crippen LogP contribution in [0.4, 0.5) is 5.69 Å². The second-order valence-electron chi connectivity index (χ2n) is 4.49. The standard InChI is InChI=1S/C13H19N3O2/c1-15-9-14-12-7-10(3-4-13(12)15)16(2)11(8-18)5-6-17/h3-4,7,9,11,17-18H,5-6,8H2,1-2H3. The van der Waals surface area contributed by atoms with E-state index in [-0.39, 0.29) is 19.3 Å². The molecule has 5 heteroatoms. The van der Waals surface area contributed by atoms with E-state index in [2.05, 4.69) is 4.98 Å². The molecule has 0 bridgehead atoms. The number of imidazole rings is 1. The highest BCUT2D eigenvalue weighted by molar-refractivity contribution is 5.79. The Morgan fingerprint density at radius 3 is 2.83 bits per heavy atom. The van der Waals surface area contributed by atoms with E-state index >= 15 is 0 Å². The first-order chi connectivity index (χ1) is 8.67. The Morgan fingerprint density at radius 1 is 1.39 bits per heavy atom. The molecule has 0 spiro atoms. The van der Waals surface area contributed by atoms with Gasteiger partial charge in [-0.25, -0.2) is 4.98 Å². The van der Waals surface area contributed by atoms with E-state index in [1.165, 1.54) is 0 Å².